The number of anilines is 1. The molecule has 26 heavy (non-hydrogen) atoms. The van der Waals surface area contributed by atoms with Crippen LogP contribution in [0.4, 0.5) is 5.69 Å². The third kappa shape index (κ3) is 3.52. The molecule has 0 aliphatic rings. The lowest BCUT2D eigenvalue weighted by molar-refractivity contribution is 0.102. The predicted molar refractivity (Wildman–Crippen MR) is 109 cm³/mol. The molecule has 3 rings (SSSR count). The van der Waals surface area contributed by atoms with Crippen molar-refractivity contribution in [1.29, 1.82) is 0 Å². The molecule has 0 spiro atoms. The van der Waals surface area contributed by atoms with Crippen molar-refractivity contribution in [2.24, 2.45) is 14.1 Å². The van der Waals surface area contributed by atoms with Crippen LogP contribution in [0.2, 0.25) is 5.02 Å². The number of nitrogens with zero attached hydrogens (tertiary/aromatic N) is 2. The molecule has 0 bridgehead atoms. The second-order valence-electron chi connectivity index (χ2n) is 6.37. The molecule has 0 aliphatic heterocycles. The normalized spacial score (nSPS) is 11.3. The summed E-state index contributed by atoms with van der Waals surface area (Å²) in [7, 11) is 3.48. The van der Waals surface area contributed by atoms with Crippen LogP contribution in [0.15, 0.2) is 46.1 Å². The number of benzene rings is 2. The lowest BCUT2D eigenvalue weighted by Crippen LogP contribution is -2.19. The molecule has 2 aromatic carbocycles. The molecular formula is C19H20ClN3O2S. The van der Waals surface area contributed by atoms with Gasteiger partial charge in [-0.2, -0.15) is 0 Å². The Balaban J connectivity index is 2.07. The number of imidazole rings is 1. The number of hydrogen-bond donors (Lipinski definition) is 1. The average Bonchev–Trinajstić information content (AvgIpc) is 2.79. The minimum atomic E-state index is -0.215. The quantitative estimate of drug-likeness (QED) is 0.677. The number of fused-ring (bicyclic) bond motifs is 1. The Labute approximate surface area is 161 Å². The third-order valence-corrected chi connectivity index (χ3v) is 5.41. The fourth-order valence-electron chi connectivity index (χ4n) is 2.77. The van der Waals surface area contributed by atoms with E-state index in [-0.39, 0.29) is 11.6 Å². The van der Waals surface area contributed by atoms with Crippen molar-refractivity contribution in [3.05, 3.63) is 57.5 Å². The van der Waals surface area contributed by atoms with Crippen LogP contribution in [0.25, 0.3) is 11.0 Å². The van der Waals surface area contributed by atoms with E-state index in [1.807, 2.05) is 12.1 Å². The highest BCUT2D eigenvalue weighted by Crippen LogP contribution is 2.34. The summed E-state index contributed by atoms with van der Waals surface area (Å²) in [5, 5.41) is 3.89. The van der Waals surface area contributed by atoms with Crippen molar-refractivity contribution >= 4 is 46.0 Å². The van der Waals surface area contributed by atoms with E-state index in [1.54, 1.807) is 59.3 Å². The molecule has 0 saturated heterocycles. The smallest absolute Gasteiger partial charge is 0.321 e. The Morgan fingerprint density at radius 3 is 2.23 bits per heavy atom. The number of aryl methyl sites for hydroxylation is 2. The topological polar surface area (TPSA) is 56.0 Å². The van der Waals surface area contributed by atoms with Gasteiger partial charge in [-0.1, -0.05) is 25.4 Å². The lowest BCUT2D eigenvalue weighted by atomic mass is 10.2. The molecule has 1 aromatic heterocycles. The van der Waals surface area contributed by atoms with Gasteiger partial charge in [0.1, 0.15) is 0 Å². The van der Waals surface area contributed by atoms with Crippen molar-refractivity contribution in [3.63, 3.8) is 0 Å². The molecule has 1 N–H and O–H groups in total. The maximum Gasteiger partial charge on any atom is 0.328 e. The van der Waals surface area contributed by atoms with Crippen LogP contribution >= 0.6 is 23.4 Å². The first-order valence-electron chi connectivity index (χ1n) is 8.21. The molecule has 0 radical (unpaired) electrons. The first-order valence-corrected chi connectivity index (χ1v) is 9.46. The molecular weight excluding hydrogens is 370 g/mol. The van der Waals surface area contributed by atoms with E-state index in [1.165, 1.54) is 0 Å². The second-order valence-corrected chi connectivity index (χ2v) is 8.42. The molecule has 0 unspecified atom stereocenters. The van der Waals surface area contributed by atoms with Gasteiger partial charge >= 0.3 is 5.69 Å². The highest BCUT2D eigenvalue weighted by molar-refractivity contribution is 8.00. The van der Waals surface area contributed by atoms with Gasteiger partial charge in [-0.25, -0.2) is 4.79 Å². The van der Waals surface area contributed by atoms with Crippen LogP contribution in [0.1, 0.15) is 24.2 Å². The number of halogens is 1. The molecule has 0 fully saturated rings. The van der Waals surface area contributed by atoms with Crippen molar-refractivity contribution < 1.29 is 4.79 Å². The summed E-state index contributed by atoms with van der Waals surface area (Å²) in [5.74, 6) is -0.215. The first kappa shape index (κ1) is 18.6. The van der Waals surface area contributed by atoms with Gasteiger partial charge in [0, 0.05) is 34.8 Å². The summed E-state index contributed by atoms with van der Waals surface area (Å²) in [4.78, 5) is 25.8. The maximum absolute atomic E-state index is 12.6. The van der Waals surface area contributed by atoms with E-state index < -0.39 is 0 Å². The first-order chi connectivity index (χ1) is 12.3. The van der Waals surface area contributed by atoms with E-state index in [2.05, 4.69) is 19.2 Å². The zero-order chi connectivity index (χ0) is 19.0. The summed E-state index contributed by atoms with van der Waals surface area (Å²) in [6.45, 7) is 4.17. The van der Waals surface area contributed by atoms with E-state index in [4.69, 9.17) is 11.6 Å². The summed E-state index contributed by atoms with van der Waals surface area (Å²) in [6, 6.07) is 10.6. The van der Waals surface area contributed by atoms with Crippen LogP contribution in [0, 0.1) is 0 Å². The Morgan fingerprint density at radius 1 is 1.08 bits per heavy atom. The average molecular weight is 390 g/mol. The van der Waals surface area contributed by atoms with Gasteiger partial charge in [0.15, 0.2) is 0 Å². The van der Waals surface area contributed by atoms with Crippen molar-refractivity contribution in [1.82, 2.24) is 9.13 Å². The van der Waals surface area contributed by atoms with Crippen molar-refractivity contribution in [3.8, 4) is 0 Å². The third-order valence-electron chi connectivity index (χ3n) is 4.09. The summed E-state index contributed by atoms with van der Waals surface area (Å²) in [6.07, 6.45) is 0. The number of amides is 1. The Hall–Kier alpha value is -2.18. The van der Waals surface area contributed by atoms with Crippen molar-refractivity contribution in [2.75, 3.05) is 5.32 Å². The van der Waals surface area contributed by atoms with E-state index in [0.29, 0.717) is 21.5 Å². The van der Waals surface area contributed by atoms with Gasteiger partial charge in [-0.3, -0.25) is 13.9 Å². The molecule has 1 heterocycles. The highest BCUT2D eigenvalue weighted by atomic mass is 35.5. The number of thioether (sulfide) groups is 1. The van der Waals surface area contributed by atoms with Gasteiger partial charge in [-0.05, 0) is 36.4 Å². The summed E-state index contributed by atoms with van der Waals surface area (Å²) < 4.78 is 3.20. The monoisotopic (exact) mass is 389 g/mol. The van der Waals surface area contributed by atoms with Crippen LogP contribution in [-0.2, 0) is 14.1 Å². The van der Waals surface area contributed by atoms with Crippen LogP contribution in [-0.4, -0.2) is 20.3 Å². The molecule has 0 atom stereocenters. The Kier molecular flexibility index (Phi) is 5.16. The van der Waals surface area contributed by atoms with Crippen LogP contribution < -0.4 is 11.0 Å². The van der Waals surface area contributed by atoms with Crippen LogP contribution in [0.3, 0.4) is 0 Å². The number of carbonyl (C=O) groups is 1. The molecule has 3 aromatic rings. The fraction of sp³-hybridized carbons (Fsp3) is 0.263. The summed E-state index contributed by atoms with van der Waals surface area (Å²) >= 11 is 7.53. The Morgan fingerprint density at radius 2 is 1.65 bits per heavy atom. The van der Waals surface area contributed by atoms with E-state index in [0.717, 1.165) is 15.9 Å². The number of nitrogens with one attached hydrogen (secondary N) is 1. The largest absolute Gasteiger partial charge is 0.328 e. The minimum Gasteiger partial charge on any atom is -0.321 e. The van der Waals surface area contributed by atoms with Gasteiger partial charge in [0.2, 0.25) is 0 Å². The van der Waals surface area contributed by atoms with E-state index >= 15 is 0 Å². The maximum atomic E-state index is 12.6. The van der Waals surface area contributed by atoms with Gasteiger partial charge in [0.25, 0.3) is 5.91 Å². The SMILES string of the molecule is CC(C)Sc1cc2c(cc1NC(=O)c1ccc(Cl)cc1)n(C)c(=O)n2C. The fourth-order valence-corrected chi connectivity index (χ4v) is 3.82. The van der Waals surface area contributed by atoms with Gasteiger partial charge in [-0.15, -0.1) is 11.8 Å². The molecule has 7 heteroatoms. The standard InChI is InChI=1S/C19H20ClN3O2S/c1-11(2)26-17-10-16-15(22(3)19(25)23(16)4)9-14(17)21-18(24)12-5-7-13(20)8-6-12/h5-11H,1-4H3,(H,21,24). The number of hydrogen-bond acceptors (Lipinski definition) is 3. The highest BCUT2D eigenvalue weighted by Gasteiger charge is 2.16. The molecule has 136 valence electrons. The predicted octanol–water partition coefficient (Wildman–Crippen LogP) is 4.28. The number of rotatable bonds is 4. The van der Waals surface area contributed by atoms with E-state index in [9.17, 15) is 9.59 Å². The van der Waals surface area contributed by atoms with Crippen molar-refractivity contribution in [2.45, 2.75) is 24.0 Å². The Bertz CT molecular complexity index is 1040. The van der Waals surface area contributed by atoms with Gasteiger partial charge in [0.05, 0.1) is 16.7 Å². The van der Waals surface area contributed by atoms with Gasteiger partial charge < -0.3 is 5.32 Å². The summed E-state index contributed by atoms with van der Waals surface area (Å²) in [5.41, 5.74) is 2.73. The molecule has 0 aliphatic carbocycles. The lowest BCUT2D eigenvalue weighted by Gasteiger charge is -2.14. The molecule has 0 saturated carbocycles. The zero-order valence-electron chi connectivity index (χ0n) is 15.0. The zero-order valence-corrected chi connectivity index (χ0v) is 16.6. The number of aromatic nitrogens is 2. The minimum absolute atomic E-state index is 0.0957. The number of carbonyl (C=O) groups excluding carboxylic acids is 1. The van der Waals surface area contributed by atoms with Crippen LogP contribution in [0.5, 0.6) is 0 Å². The molecule has 1 amide bonds. The second kappa shape index (κ2) is 7.21. The molecule has 5 nitrogen and oxygen atoms in total.